The molecule has 2 saturated heterocycles. The summed E-state index contributed by atoms with van der Waals surface area (Å²) in [7, 11) is 0. The maximum atomic E-state index is 11.9. The van der Waals surface area contributed by atoms with Gasteiger partial charge in [-0.25, -0.2) is 0 Å². The average molecular weight is 346 g/mol. The molecule has 0 bridgehead atoms. The first-order chi connectivity index (χ1) is 11.7. The number of hydrogen-bond acceptors (Lipinski definition) is 6. The van der Waals surface area contributed by atoms with Gasteiger partial charge >= 0.3 is 0 Å². The van der Waals surface area contributed by atoms with Gasteiger partial charge in [-0.3, -0.25) is 9.69 Å². The number of carbonyl (C=O) groups is 1. The lowest BCUT2D eigenvalue weighted by Gasteiger charge is -2.33. The number of rotatable bonds is 4. The molecule has 2 aromatic rings. The minimum absolute atomic E-state index is 0.196. The van der Waals surface area contributed by atoms with E-state index in [2.05, 4.69) is 15.0 Å². The summed E-state index contributed by atoms with van der Waals surface area (Å²) in [4.78, 5) is 20.9. The van der Waals surface area contributed by atoms with Gasteiger partial charge < -0.3 is 9.42 Å². The van der Waals surface area contributed by atoms with Gasteiger partial charge in [-0.05, 0) is 43.7 Å². The maximum absolute atomic E-state index is 11.9. The van der Waals surface area contributed by atoms with E-state index in [-0.39, 0.29) is 5.91 Å². The molecule has 0 saturated carbocycles. The molecule has 2 aliphatic heterocycles. The summed E-state index contributed by atoms with van der Waals surface area (Å²) < 4.78 is 5.46. The van der Waals surface area contributed by atoms with Crippen molar-refractivity contribution in [3.63, 3.8) is 0 Å². The fourth-order valence-electron chi connectivity index (χ4n) is 4.07. The van der Waals surface area contributed by atoms with Crippen molar-refractivity contribution < 1.29 is 9.32 Å². The quantitative estimate of drug-likeness (QED) is 0.852. The number of hydrogen-bond donors (Lipinski definition) is 0. The molecular weight excluding hydrogens is 324 g/mol. The van der Waals surface area contributed by atoms with Crippen molar-refractivity contribution in [3.05, 3.63) is 22.7 Å². The Kier molecular flexibility index (Phi) is 4.37. The van der Waals surface area contributed by atoms with Crippen molar-refractivity contribution in [1.29, 1.82) is 0 Å². The molecule has 2 aromatic heterocycles. The van der Waals surface area contributed by atoms with Crippen molar-refractivity contribution in [2.45, 2.75) is 51.2 Å². The molecular formula is C17H22N4O2S. The summed E-state index contributed by atoms with van der Waals surface area (Å²) in [6.45, 7) is 4.28. The monoisotopic (exact) mass is 346 g/mol. The van der Waals surface area contributed by atoms with Gasteiger partial charge in [0.05, 0.1) is 6.54 Å². The van der Waals surface area contributed by atoms with Crippen LogP contribution in [0.15, 0.2) is 21.3 Å². The number of likely N-dealkylation sites (tertiary alicyclic amines) is 2. The second kappa shape index (κ2) is 6.64. The average Bonchev–Trinajstić information content (AvgIpc) is 3.35. The predicted octanol–water partition coefficient (Wildman–Crippen LogP) is 2.77. The number of nitrogens with zero attached hydrogens (tertiary/aromatic N) is 4. The zero-order chi connectivity index (χ0) is 16.5. The molecule has 4 rings (SSSR count). The van der Waals surface area contributed by atoms with Crippen molar-refractivity contribution in [2.75, 3.05) is 13.1 Å². The van der Waals surface area contributed by atoms with Crippen molar-refractivity contribution >= 4 is 17.2 Å². The fraction of sp³-hybridized carbons (Fsp3) is 0.588. The van der Waals surface area contributed by atoms with E-state index in [0.29, 0.717) is 30.3 Å². The molecule has 0 aromatic carbocycles. The van der Waals surface area contributed by atoms with Crippen molar-refractivity contribution in [3.8, 4) is 11.4 Å². The molecule has 4 heterocycles. The highest BCUT2D eigenvalue weighted by atomic mass is 32.1. The standard InChI is InChI=1S/C17H22N4O2S/c1-12(22)21-8-3-5-15(21)14-4-2-7-20(14)10-16-18-17(19-23-16)13-6-9-24-11-13/h6,9,11,14-15H,2-5,7-8,10H2,1H3/t14-,15-/m1/s1. The lowest BCUT2D eigenvalue weighted by atomic mass is 10.0. The highest BCUT2D eigenvalue weighted by Crippen LogP contribution is 2.31. The number of amides is 1. The Morgan fingerprint density at radius 1 is 1.33 bits per heavy atom. The van der Waals surface area contributed by atoms with Gasteiger partial charge in [0.25, 0.3) is 0 Å². The van der Waals surface area contributed by atoms with Crippen LogP contribution in [-0.2, 0) is 11.3 Å². The summed E-state index contributed by atoms with van der Waals surface area (Å²) in [5.74, 6) is 1.52. The van der Waals surface area contributed by atoms with E-state index >= 15 is 0 Å². The molecule has 0 unspecified atom stereocenters. The summed E-state index contributed by atoms with van der Waals surface area (Å²) in [5.41, 5.74) is 1.01. The van der Waals surface area contributed by atoms with Gasteiger partial charge in [-0.1, -0.05) is 5.16 Å². The Labute approximate surface area is 145 Å². The van der Waals surface area contributed by atoms with E-state index in [9.17, 15) is 4.79 Å². The molecule has 2 aliphatic rings. The van der Waals surface area contributed by atoms with Gasteiger partial charge in [0, 0.05) is 36.5 Å². The van der Waals surface area contributed by atoms with E-state index < -0.39 is 0 Å². The number of thiophene rings is 1. The van der Waals surface area contributed by atoms with Crippen LogP contribution in [0.5, 0.6) is 0 Å². The zero-order valence-electron chi connectivity index (χ0n) is 13.9. The van der Waals surface area contributed by atoms with Crippen LogP contribution in [0.25, 0.3) is 11.4 Å². The summed E-state index contributed by atoms with van der Waals surface area (Å²) in [5, 5.41) is 8.13. The second-order valence-electron chi connectivity index (χ2n) is 6.63. The first-order valence-electron chi connectivity index (χ1n) is 8.59. The van der Waals surface area contributed by atoms with Gasteiger partial charge in [0.15, 0.2) is 0 Å². The van der Waals surface area contributed by atoms with Crippen molar-refractivity contribution in [2.24, 2.45) is 0 Å². The Morgan fingerprint density at radius 2 is 2.17 bits per heavy atom. The summed E-state index contributed by atoms with van der Waals surface area (Å²) >= 11 is 1.63. The van der Waals surface area contributed by atoms with E-state index in [1.54, 1.807) is 18.3 Å². The minimum atomic E-state index is 0.196. The fourth-order valence-corrected chi connectivity index (χ4v) is 4.70. The third-order valence-corrected chi connectivity index (χ3v) is 5.83. The highest BCUT2D eigenvalue weighted by molar-refractivity contribution is 7.08. The van der Waals surface area contributed by atoms with E-state index in [1.165, 1.54) is 6.42 Å². The van der Waals surface area contributed by atoms with E-state index in [1.807, 2.05) is 21.7 Å². The molecule has 2 atom stereocenters. The Hall–Kier alpha value is -1.73. The maximum Gasteiger partial charge on any atom is 0.241 e. The molecule has 128 valence electrons. The zero-order valence-corrected chi connectivity index (χ0v) is 14.7. The van der Waals surface area contributed by atoms with Crippen LogP contribution < -0.4 is 0 Å². The second-order valence-corrected chi connectivity index (χ2v) is 7.41. The lowest BCUT2D eigenvalue weighted by molar-refractivity contribution is -0.130. The number of carbonyl (C=O) groups excluding carboxylic acids is 1. The van der Waals surface area contributed by atoms with Gasteiger partial charge in [0.1, 0.15) is 0 Å². The van der Waals surface area contributed by atoms with Crippen LogP contribution in [0.4, 0.5) is 0 Å². The van der Waals surface area contributed by atoms with Crippen LogP contribution in [-0.4, -0.2) is 51.0 Å². The summed E-state index contributed by atoms with van der Waals surface area (Å²) in [6.07, 6.45) is 4.51. The third kappa shape index (κ3) is 2.98. The Bertz CT molecular complexity index is 699. The van der Waals surface area contributed by atoms with Crippen molar-refractivity contribution in [1.82, 2.24) is 19.9 Å². The molecule has 0 N–H and O–H groups in total. The van der Waals surface area contributed by atoms with Crippen LogP contribution in [0.3, 0.4) is 0 Å². The molecule has 2 fully saturated rings. The molecule has 24 heavy (non-hydrogen) atoms. The van der Waals surface area contributed by atoms with Gasteiger partial charge in [0.2, 0.25) is 17.6 Å². The third-order valence-electron chi connectivity index (χ3n) is 5.15. The van der Waals surface area contributed by atoms with Crippen LogP contribution in [0.2, 0.25) is 0 Å². The molecule has 0 aliphatic carbocycles. The van der Waals surface area contributed by atoms with Crippen LogP contribution >= 0.6 is 11.3 Å². The van der Waals surface area contributed by atoms with E-state index in [4.69, 9.17) is 4.52 Å². The normalized spacial score (nSPS) is 24.8. The Balaban J connectivity index is 1.47. The molecule has 7 heteroatoms. The lowest BCUT2D eigenvalue weighted by Crippen LogP contribution is -2.47. The first kappa shape index (κ1) is 15.8. The smallest absolute Gasteiger partial charge is 0.241 e. The van der Waals surface area contributed by atoms with Gasteiger partial charge in [-0.15, -0.1) is 0 Å². The molecule has 0 spiro atoms. The molecule has 1 amide bonds. The molecule has 6 nitrogen and oxygen atoms in total. The highest BCUT2D eigenvalue weighted by Gasteiger charge is 2.39. The topological polar surface area (TPSA) is 62.5 Å². The largest absolute Gasteiger partial charge is 0.338 e. The predicted molar refractivity (Wildman–Crippen MR) is 91.5 cm³/mol. The Morgan fingerprint density at radius 3 is 2.96 bits per heavy atom. The van der Waals surface area contributed by atoms with E-state index in [0.717, 1.165) is 37.9 Å². The minimum Gasteiger partial charge on any atom is -0.338 e. The van der Waals surface area contributed by atoms with Gasteiger partial charge in [-0.2, -0.15) is 16.3 Å². The van der Waals surface area contributed by atoms with Crippen LogP contribution in [0, 0.1) is 0 Å². The molecule has 0 radical (unpaired) electrons. The SMILES string of the molecule is CC(=O)N1CCC[C@@H]1[C@H]1CCCN1Cc1nc(-c2ccsc2)no1. The van der Waals surface area contributed by atoms with Crippen LogP contribution in [0.1, 0.15) is 38.5 Å². The first-order valence-corrected chi connectivity index (χ1v) is 9.53. The summed E-state index contributed by atoms with van der Waals surface area (Å²) in [6, 6.07) is 2.75. The number of aromatic nitrogens is 2.